The molecular formula is C22H24N6. The lowest BCUT2D eigenvalue weighted by Crippen LogP contribution is -2.47. The minimum Gasteiger partial charge on any atom is -0.368 e. The van der Waals surface area contributed by atoms with Gasteiger partial charge in [0, 0.05) is 49.9 Å². The second-order valence-electron chi connectivity index (χ2n) is 7.41. The minimum atomic E-state index is 0.999. The number of pyridine rings is 1. The van der Waals surface area contributed by atoms with Crippen molar-refractivity contribution < 1.29 is 0 Å². The second kappa shape index (κ2) is 6.71. The topological polar surface area (TPSA) is 41.6 Å². The van der Waals surface area contributed by atoms with E-state index in [1.807, 2.05) is 26.4 Å². The Hall–Kier alpha value is -3.28. The number of aryl methyl sites for hydroxylation is 2. The summed E-state index contributed by atoms with van der Waals surface area (Å²) in [5.41, 5.74) is 5.52. The Balaban J connectivity index is 1.30. The summed E-state index contributed by atoms with van der Waals surface area (Å²) in [6.07, 6.45) is 6.03. The van der Waals surface area contributed by atoms with Gasteiger partial charge >= 0.3 is 0 Å². The van der Waals surface area contributed by atoms with Crippen molar-refractivity contribution in [3.63, 3.8) is 0 Å². The Morgan fingerprint density at radius 1 is 0.750 bits per heavy atom. The summed E-state index contributed by atoms with van der Waals surface area (Å²) < 4.78 is 4.26. The molecule has 1 aliphatic heterocycles. The molecule has 0 atom stereocenters. The van der Waals surface area contributed by atoms with E-state index in [0.29, 0.717) is 0 Å². The number of anilines is 2. The van der Waals surface area contributed by atoms with Gasteiger partial charge in [0.25, 0.3) is 0 Å². The zero-order valence-corrected chi connectivity index (χ0v) is 16.3. The number of fused-ring (bicyclic) bond motifs is 1. The molecule has 0 bridgehead atoms. The Morgan fingerprint density at radius 3 is 2.18 bits per heavy atom. The van der Waals surface area contributed by atoms with Crippen molar-refractivity contribution in [1.82, 2.24) is 18.9 Å². The van der Waals surface area contributed by atoms with E-state index < -0.39 is 0 Å². The van der Waals surface area contributed by atoms with E-state index >= 15 is 0 Å². The predicted octanol–water partition coefficient (Wildman–Crippen LogP) is 3.46. The van der Waals surface area contributed by atoms with Gasteiger partial charge in [-0.1, -0.05) is 6.07 Å². The Bertz CT molecular complexity index is 1100. The van der Waals surface area contributed by atoms with Gasteiger partial charge in [-0.25, -0.2) is 9.97 Å². The smallest absolute Gasteiger partial charge is 0.138 e. The molecule has 3 aromatic heterocycles. The van der Waals surface area contributed by atoms with Crippen LogP contribution in [-0.2, 0) is 0 Å². The van der Waals surface area contributed by atoms with Crippen LogP contribution in [0.3, 0.4) is 0 Å². The monoisotopic (exact) mass is 372 g/mol. The van der Waals surface area contributed by atoms with Gasteiger partial charge in [-0.3, -0.25) is 4.40 Å². The van der Waals surface area contributed by atoms with E-state index in [9.17, 15) is 0 Å². The number of nitrogens with zero attached hydrogens (tertiary/aromatic N) is 6. The van der Waals surface area contributed by atoms with Crippen molar-refractivity contribution >= 4 is 17.2 Å². The summed E-state index contributed by atoms with van der Waals surface area (Å²) in [4.78, 5) is 13.8. The average molecular weight is 372 g/mol. The number of imidazole rings is 2. The summed E-state index contributed by atoms with van der Waals surface area (Å²) in [7, 11) is 0. The number of hydrogen-bond acceptors (Lipinski definition) is 4. The minimum absolute atomic E-state index is 0.999. The molecule has 0 spiro atoms. The molecule has 28 heavy (non-hydrogen) atoms. The van der Waals surface area contributed by atoms with E-state index in [1.165, 1.54) is 11.5 Å². The van der Waals surface area contributed by atoms with Gasteiger partial charge in [0.15, 0.2) is 0 Å². The third kappa shape index (κ3) is 3.01. The summed E-state index contributed by atoms with van der Waals surface area (Å²) in [6, 6.07) is 15.1. The fourth-order valence-corrected chi connectivity index (χ4v) is 3.97. The van der Waals surface area contributed by atoms with E-state index in [4.69, 9.17) is 0 Å². The van der Waals surface area contributed by atoms with Crippen molar-refractivity contribution in [2.45, 2.75) is 13.8 Å². The van der Waals surface area contributed by atoms with Gasteiger partial charge in [-0.05, 0) is 50.2 Å². The van der Waals surface area contributed by atoms with Crippen LogP contribution in [0.4, 0.5) is 11.5 Å². The first-order chi connectivity index (χ1) is 13.7. The van der Waals surface area contributed by atoms with Crippen LogP contribution < -0.4 is 9.80 Å². The molecule has 1 fully saturated rings. The number of hydrogen-bond donors (Lipinski definition) is 0. The van der Waals surface area contributed by atoms with E-state index in [0.717, 1.165) is 48.9 Å². The third-order valence-electron chi connectivity index (χ3n) is 5.42. The fraction of sp³-hybridized carbons (Fsp3) is 0.273. The molecule has 0 unspecified atom stereocenters. The fourth-order valence-electron chi connectivity index (χ4n) is 3.97. The summed E-state index contributed by atoms with van der Waals surface area (Å²) in [6.45, 7) is 8.07. The predicted molar refractivity (Wildman–Crippen MR) is 113 cm³/mol. The highest BCUT2D eigenvalue weighted by molar-refractivity contribution is 5.55. The molecule has 1 aliphatic rings. The van der Waals surface area contributed by atoms with Crippen LogP contribution in [0.1, 0.15) is 11.4 Å². The summed E-state index contributed by atoms with van der Waals surface area (Å²) in [5.74, 6) is 1.23. The molecule has 0 saturated carbocycles. The molecule has 1 saturated heterocycles. The first-order valence-electron chi connectivity index (χ1n) is 9.73. The first-order valence-corrected chi connectivity index (χ1v) is 9.73. The van der Waals surface area contributed by atoms with Gasteiger partial charge < -0.3 is 14.4 Å². The molecule has 6 nitrogen and oxygen atoms in total. The van der Waals surface area contributed by atoms with E-state index in [-0.39, 0.29) is 0 Å². The lowest BCUT2D eigenvalue weighted by atomic mass is 10.2. The van der Waals surface area contributed by atoms with Crippen LogP contribution in [0.2, 0.25) is 0 Å². The van der Waals surface area contributed by atoms with Crippen LogP contribution >= 0.6 is 0 Å². The van der Waals surface area contributed by atoms with Crippen LogP contribution in [-0.4, -0.2) is 45.1 Å². The highest BCUT2D eigenvalue weighted by Gasteiger charge is 2.19. The molecule has 5 rings (SSSR count). The van der Waals surface area contributed by atoms with Gasteiger partial charge in [-0.15, -0.1) is 0 Å². The lowest BCUT2D eigenvalue weighted by Gasteiger charge is -2.37. The van der Waals surface area contributed by atoms with Gasteiger partial charge in [0.1, 0.15) is 11.5 Å². The lowest BCUT2D eigenvalue weighted by molar-refractivity contribution is 0.645. The highest BCUT2D eigenvalue weighted by atomic mass is 15.3. The quantitative estimate of drug-likeness (QED) is 0.552. The van der Waals surface area contributed by atoms with E-state index in [2.05, 4.69) is 77.4 Å². The molecule has 4 aromatic rings. The molecule has 142 valence electrons. The van der Waals surface area contributed by atoms with Crippen molar-refractivity contribution in [1.29, 1.82) is 0 Å². The zero-order chi connectivity index (χ0) is 19.1. The molecule has 6 heteroatoms. The number of piperazine rings is 1. The standard InChI is InChI=1S/C22H24N6/c1-17-14-27(16-23-17)20-8-6-19(7-9-20)25-10-12-26(13-11-25)22-5-3-4-21-24-18(2)15-28(21)22/h3-9,14-16H,10-13H2,1-2H3. The zero-order valence-electron chi connectivity index (χ0n) is 16.3. The third-order valence-corrected chi connectivity index (χ3v) is 5.42. The van der Waals surface area contributed by atoms with E-state index in [1.54, 1.807) is 0 Å². The first kappa shape index (κ1) is 16.9. The van der Waals surface area contributed by atoms with Crippen molar-refractivity contribution in [3.8, 4) is 5.69 Å². The van der Waals surface area contributed by atoms with Crippen molar-refractivity contribution in [2.24, 2.45) is 0 Å². The van der Waals surface area contributed by atoms with Gasteiger partial charge in [0.2, 0.25) is 0 Å². The van der Waals surface area contributed by atoms with Crippen molar-refractivity contribution in [3.05, 3.63) is 72.6 Å². The van der Waals surface area contributed by atoms with Gasteiger partial charge in [-0.2, -0.15) is 0 Å². The molecule has 0 amide bonds. The van der Waals surface area contributed by atoms with Gasteiger partial charge in [0.05, 0.1) is 17.7 Å². The maximum absolute atomic E-state index is 4.59. The maximum Gasteiger partial charge on any atom is 0.138 e. The largest absolute Gasteiger partial charge is 0.368 e. The Labute approximate surface area is 164 Å². The number of aromatic nitrogens is 4. The van der Waals surface area contributed by atoms with Crippen LogP contribution in [0.25, 0.3) is 11.3 Å². The highest BCUT2D eigenvalue weighted by Crippen LogP contribution is 2.23. The number of benzene rings is 1. The van der Waals surface area contributed by atoms with Crippen molar-refractivity contribution in [2.75, 3.05) is 36.0 Å². The Morgan fingerprint density at radius 2 is 1.46 bits per heavy atom. The van der Waals surface area contributed by atoms with Crippen LogP contribution in [0.5, 0.6) is 0 Å². The second-order valence-corrected chi connectivity index (χ2v) is 7.41. The number of rotatable bonds is 3. The van der Waals surface area contributed by atoms with Crippen LogP contribution in [0.15, 0.2) is 61.2 Å². The normalized spacial score (nSPS) is 14.8. The van der Waals surface area contributed by atoms with Crippen LogP contribution in [0, 0.1) is 13.8 Å². The molecule has 0 N–H and O–H groups in total. The SMILES string of the molecule is Cc1cn(-c2ccc(N3CCN(c4cccc5nc(C)cn45)CC3)cc2)cn1. The molecule has 4 heterocycles. The molecule has 0 radical (unpaired) electrons. The molecule has 1 aromatic carbocycles. The molecular weight excluding hydrogens is 348 g/mol. The summed E-state index contributed by atoms with van der Waals surface area (Å²) in [5, 5.41) is 0. The maximum atomic E-state index is 4.59. The molecule has 0 aliphatic carbocycles. The Kier molecular flexibility index (Phi) is 4.04. The average Bonchev–Trinajstić information content (AvgIpc) is 3.33. The summed E-state index contributed by atoms with van der Waals surface area (Å²) >= 11 is 0.